The summed E-state index contributed by atoms with van der Waals surface area (Å²) in [6.45, 7) is 1.22. The Bertz CT molecular complexity index is 1590. The summed E-state index contributed by atoms with van der Waals surface area (Å²) in [6.07, 6.45) is -2.49. The van der Waals surface area contributed by atoms with E-state index in [9.17, 15) is 37.5 Å². The van der Waals surface area contributed by atoms with Gasteiger partial charge in [0.15, 0.2) is 0 Å². The van der Waals surface area contributed by atoms with Gasteiger partial charge in [0.1, 0.15) is 12.4 Å². The molecule has 0 bridgehead atoms. The van der Waals surface area contributed by atoms with Crippen molar-refractivity contribution in [1.82, 2.24) is 25.8 Å². The molecule has 16 heteroatoms. The van der Waals surface area contributed by atoms with Crippen LogP contribution in [0, 0.1) is 0 Å². The second kappa shape index (κ2) is 15.7. The second-order valence-corrected chi connectivity index (χ2v) is 9.37. The lowest BCUT2D eigenvalue weighted by atomic mass is 10.1. The zero-order valence-corrected chi connectivity index (χ0v) is 23.8. The third kappa shape index (κ3) is 10.8. The van der Waals surface area contributed by atoms with E-state index >= 15 is 0 Å². The van der Waals surface area contributed by atoms with Crippen LogP contribution in [-0.4, -0.2) is 69.2 Å². The number of carbonyl (C=O) groups excluding carboxylic acids is 3. The number of H-pyrrole nitrogens is 1. The molecule has 0 radical (unpaired) electrons. The maximum Gasteiger partial charge on any atom is 0.490 e. The summed E-state index contributed by atoms with van der Waals surface area (Å²) in [7, 11) is 0. The minimum absolute atomic E-state index is 0.0343. The predicted molar refractivity (Wildman–Crippen MR) is 154 cm³/mol. The van der Waals surface area contributed by atoms with Gasteiger partial charge in [-0.15, -0.1) is 0 Å². The number of ether oxygens (including phenoxy) is 2. The van der Waals surface area contributed by atoms with Crippen LogP contribution in [0.1, 0.15) is 29.3 Å². The van der Waals surface area contributed by atoms with Crippen LogP contribution in [0.4, 0.5) is 23.8 Å². The molecule has 2 amide bonds. The number of aliphatic carboxylic acids is 1. The van der Waals surface area contributed by atoms with Gasteiger partial charge in [-0.3, -0.25) is 15.2 Å². The quantitative estimate of drug-likeness (QED) is 0.0922. The fourth-order valence-electron chi connectivity index (χ4n) is 3.49. The Morgan fingerprint density at radius 3 is 2.36 bits per heavy atom. The number of amides is 2. The number of esters is 1. The van der Waals surface area contributed by atoms with E-state index in [0.29, 0.717) is 17.7 Å². The Morgan fingerprint density at radius 2 is 1.69 bits per heavy atom. The van der Waals surface area contributed by atoms with Crippen molar-refractivity contribution in [3.05, 3.63) is 90.3 Å². The lowest BCUT2D eigenvalue weighted by Crippen LogP contribution is -2.63. The Morgan fingerprint density at radius 1 is 0.956 bits per heavy atom. The molecule has 0 saturated heterocycles. The van der Waals surface area contributed by atoms with E-state index in [0.717, 1.165) is 18.0 Å². The molecular weight excluding hydrogens is 601 g/mol. The van der Waals surface area contributed by atoms with Crippen molar-refractivity contribution in [1.29, 1.82) is 0 Å². The number of alkyl carbamates (subject to hydrolysis) is 1. The molecule has 0 aliphatic rings. The van der Waals surface area contributed by atoms with Crippen molar-refractivity contribution in [2.45, 2.75) is 31.8 Å². The van der Waals surface area contributed by atoms with Gasteiger partial charge in [0.25, 0.3) is 5.91 Å². The molecular formula is C29H29F3N6O7. The number of rotatable bonds is 11. The second-order valence-electron chi connectivity index (χ2n) is 9.37. The van der Waals surface area contributed by atoms with Crippen LogP contribution >= 0.6 is 0 Å². The summed E-state index contributed by atoms with van der Waals surface area (Å²) in [5.74, 6) is -3.65. The number of aromatic nitrogens is 3. The Balaban J connectivity index is 0.000000279. The van der Waals surface area contributed by atoms with Gasteiger partial charge in [-0.05, 0) is 49.2 Å². The first-order valence-electron chi connectivity index (χ1n) is 13.2. The highest BCUT2D eigenvalue weighted by molar-refractivity contribution is 6.00. The first-order chi connectivity index (χ1) is 21.4. The van der Waals surface area contributed by atoms with E-state index < -0.39 is 35.8 Å². The van der Waals surface area contributed by atoms with Crippen LogP contribution in [0.2, 0.25) is 0 Å². The maximum atomic E-state index is 12.5. The molecule has 0 fully saturated rings. The summed E-state index contributed by atoms with van der Waals surface area (Å²) in [6, 6.07) is 18.9. The van der Waals surface area contributed by atoms with Crippen LogP contribution in [0.15, 0.2) is 79.1 Å². The molecule has 5 N–H and O–H groups in total. The van der Waals surface area contributed by atoms with E-state index in [1.54, 1.807) is 67.0 Å². The number of anilines is 1. The van der Waals surface area contributed by atoms with E-state index in [1.807, 2.05) is 6.07 Å². The molecule has 4 rings (SSSR count). The number of alkyl halides is 3. The number of benzene rings is 2. The summed E-state index contributed by atoms with van der Waals surface area (Å²) >= 11 is 0. The molecule has 0 saturated carbocycles. The van der Waals surface area contributed by atoms with Crippen LogP contribution in [0.5, 0.6) is 0 Å². The molecule has 13 nitrogen and oxygen atoms in total. The molecule has 2 heterocycles. The summed E-state index contributed by atoms with van der Waals surface area (Å²) in [5, 5.41) is 24.2. The van der Waals surface area contributed by atoms with Gasteiger partial charge in [-0.1, -0.05) is 36.4 Å². The Hall–Kier alpha value is -5.67. The Labute approximate surface area is 254 Å². The van der Waals surface area contributed by atoms with E-state index in [-0.39, 0.29) is 25.2 Å². The number of hydrogen-bond acceptors (Lipinski definition) is 9. The summed E-state index contributed by atoms with van der Waals surface area (Å²) < 4.78 is 44.2. The predicted octanol–water partition coefficient (Wildman–Crippen LogP) is 4.01. The molecule has 1 atom stereocenters. The Kier molecular flexibility index (Phi) is 11.8. The van der Waals surface area contributed by atoms with Gasteiger partial charge in [-0.2, -0.15) is 18.3 Å². The average Bonchev–Trinajstić information content (AvgIpc) is 3.49. The number of aromatic amines is 1. The van der Waals surface area contributed by atoms with Gasteiger partial charge >= 0.3 is 24.2 Å². The summed E-state index contributed by atoms with van der Waals surface area (Å²) in [4.78, 5) is 50.5. The van der Waals surface area contributed by atoms with Crippen molar-refractivity contribution in [2.75, 3.05) is 18.5 Å². The third-order valence-electron chi connectivity index (χ3n) is 5.82. The number of carbonyl (C=O) groups is 4. The largest absolute Gasteiger partial charge is 0.490 e. The third-order valence-corrected chi connectivity index (χ3v) is 5.82. The van der Waals surface area contributed by atoms with E-state index in [4.69, 9.17) is 4.74 Å². The highest BCUT2D eigenvalue weighted by atomic mass is 19.4. The minimum atomic E-state index is -4.92. The lowest BCUT2D eigenvalue weighted by molar-refractivity contribution is -0.199. The number of carboxylic acid groups (broad SMARTS) is 1. The van der Waals surface area contributed by atoms with E-state index in [1.165, 1.54) is 6.07 Å². The molecule has 238 valence electrons. The summed E-state index contributed by atoms with van der Waals surface area (Å²) in [5.41, 5.74) is -0.357. The molecule has 0 spiro atoms. The molecule has 45 heavy (non-hydrogen) atoms. The number of fused-ring (bicyclic) bond motifs is 1. The van der Waals surface area contributed by atoms with Gasteiger partial charge < -0.3 is 25.2 Å². The normalized spacial score (nSPS) is 12.1. The lowest BCUT2D eigenvalue weighted by Gasteiger charge is -2.27. The topological polar surface area (TPSA) is 185 Å². The number of pyridine rings is 1. The van der Waals surface area contributed by atoms with Crippen molar-refractivity contribution in [2.24, 2.45) is 0 Å². The molecule has 2 aromatic carbocycles. The average molecular weight is 631 g/mol. The molecule has 2 aromatic heterocycles. The molecule has 0 aliphatic carbocycles. The number of nitrogens with zero attached hydrogens (tertiary/aromatic N) is 2. The van der Waals surface area contributed by atoms with Crippen molar-refractivity contribution in [3.8, 4) is 0 Å². The van der Waals surface area contributed by atoms with Crippen LogP contribution < -0.4 is 16.0 Å². The van der Waals surface area contributed by atoms with Crippen LogP contribution in [0.25, 0.3) is 10.9 Å². The van der Waals surface area contributed by atoms with Crippen LogP contribution in [0.3, 0.4) is 0 Å². The fraction of sp³-hybridized carbons (Fsp3) is 0.241. The number of hydrogen-bond donors (Lipinski definition) is 5. The zero-order chi connectivity index (χ0) is 32.9. The monoisotopic (exact) mass is 630 g/mol. The highest BCUT2D eigenvalue weighted by Gasteiger charge is 2.40. The fourth-order valence-corrected chi connectivity index (χ4v) is 3.49. The van der Waals surface area contributed by atoms with E-state index in [2.05, 4.69) is 35.9 Å². The van der Waals surface area contributed by atoms with Crippen molar-refractivity contribution in [3.63, 3.8) is 0 Å². The number of nitrogens with one attached hydrogen (secondary N) is 4. The highest BCUT2D eigenvalue weighted by Crippen LogP contribution is 2.16. The maximum absolute atomic E-state index is 12.5. The SMILES string of the molecule is CC(NC(=O)OCc1ccccc1)(NC(=O)c1ccc2[nH]ncc2c1)C(=O)O.O=C(OCCCNc1ccccn1)C(F)(F)F. The van der Waals surface area contributed by atoms with Crippen molar-refractivity contribution >= 4 is 40.7 Å². The van der Waals surface area contributed by atoms with Crippen molar-refractivity contribution < 1.29 is 46.9 Å². The standard InChI is InChI=1S/C19H18N4O5.C10H11F3N2O2/c1-19(17(25)26,22-18(27)28-11-12-5-3-2-4-6-12)21-16(24)13-7-8-15-14(9-13)10-20-23-15;11-10(12,13)9(16)17-7-3-6-15-8-4-1-2-5-14-8/h2-10H,11H2,1H3,(H,20,23)(H,21,24)(H,22,27)(H,25,26);1-2,4-5H,3,6-7H2,(H,14,15). The smallest absolute Gasteiger partial charge is 0.478 e. The van der Waals surface area contributed by atoms with Gasteiger partial charge in [0, 0.05) is 23.7 Å². The molecule has 1 unspecified atom stereocenters. The van der Waals surface area contributed by atoms with Gasteiger partial charge in [0.2, 0.25) is 5.66 Å². The first kappa shape index (κ1) is 33.8. The molecule has 4 aromatic rings. The number of carboxylic acids is 1. The minimum Gasteiger partial charge on any atom is -0.478 e. The zero-order valence-electron chi connectivity index (χ0n) is 23.8. The number of halogens is 3. The molecule has 0 aliphatic heterocycles. The van der Waals surface area contributed by atoms with Gasteiger partial charge in [-0.25, -0.2) is 19.4 Å². The van der Waals surface area contributed by atoms with Gasteiger partial charge in [0.05, 0.1) is 18.3 Å². The first-order valence-corrected chi connectivity index (χ1v) is 13.2. The van der Waals surface area contributed by atoms with Crippen LogP contribution in [-0.2, 0) is 25.7 Å².